The predicted octanol–water partition coefficient (Wildman–Crippen LogP) is 4.02. The molecule has 2 aromatic carbocycles. The van der Waals surface area contributed by atoms with Crippen LogP contribution in [-0.2, 0) is 11.2 Å². The minimum atomic E-state index is -0.432. The maximum Gasteiger partial charge on any atom is 0.356 e. The van der Waals surface area contributed by atoms with Gasteiger partial charge in [-0.15, -0.1) is 0 Å². The van der Waals surface area contributed by atoms with Crippen molar-refractivity contribution in [1.29, 1.82) is 0 Å². The minimum Gasteiger partial charge on any atom is -0.493 e. The summed E-state index contributed by atoms with van der Waals surface area (Å²) in [5, 5.41) is 1.77. The third kappa shape index (κ3) is 3.61. The minimum absolute atomic E-state index is 0.289. The van der Waals surface area contributed by atoms with Gasteiger partial charge in [-0.2, -0.15) is 0 Å². The molecule has 1 heterocycles. The van der Waals surface area contributed by atoms with Crippen LogP contribution in [0.4, 0.5) is 0 Å². The van der Waals surface area contributed by atoms with Gasteiger partial charge in [0.05, 0.1) is 26.5 Å². The number of aromatic nitrogens is 1. The van der Waals surface area contributed by atoms with Gasteiger partial charge in [-0.25, -0.2) is 9.78 Å². The van der Waals surface area contributed by atoms with Gasteiger partial charge in [0.25, 0.3) is 0 Å². The molecule has 0 spiro atoms. The topological polar surface area (TPSA) is 57.7 Å². The Morgan fingerprint density at radius 1 is 1.00 bits per heavy atom. The molecule has 0 N–H and O–H groups in total. The predicted molar refractivity (Wildman–Crippen MR) is 100 cm³/mol. The molecule has 0 fully saturated rings. The van der Waals surface area contributed by atoms with Crippen molar-refractivity contribution in [2.75, 3.05) is 20.8 Å². The van der Waals surface area contributed by atoms with E-state index in [1.807, 2.05) is 42.5 Å². The third-order valence-electron chi connectivity index (χ3n) is 4.11. The molecule has 1 aromatic heterocycles. The molecule has 0 atom stereocenters. The van der Waals surface area contributed by atoms with Crippen molar-refractivity contribution >= 4 is 16.7 Å². The average molecular weight is 351 g/mol. The van der Waals surface area contributed by atoms with Gasteiger partial charge in [0, 0.05) is 11.8 Å². The van der Waals surface area contributed by atoms with Crippen molar-refractivity contribution in [3.8, 4) is 11.5 Å². The zero-order valence-corrected chi connectivity index (χ0v) is 15.1. The monoisotopic (exact) mass is 351 g/mol. The van der Waals surface area contributed by atoms with Crippen LogP contribution in [0.3, 0.4) is 0 Å². The number of fused-ring (bicyclic) bond motifs is 1. The van der Waals surface area contributed by atoms with Crippen molar-refractivity contribution < 1.29 is 19.0 Å². The van der Waals surface area contributed by atoms with Crippen LogP contribution in [0.25, 0.3) is 10.8 Å². The van der Waals surface area contributed by atoms with Crippen LogP contribution >= 0.6 is 0 Å². The van der Waals surface area contributed by atoms with Gasteiger partial charge >= 0.3 is 5.97 Å². The molecule has 0 bridgehead atoms. The van der Waals surface area contributed by atoms with Crippen LogP contribution in [0.1, 0.15) is 28.7 Å². The number of benzene rings is 2. The van der Waals surface area contributed by atoms with Crippen LogP contribution < -0.4 is 9.47 Å². The fourth-order valence-electron chi connectivity index (χ4n) is 2.88. The van der Waals surface area contributed by atoms with E-state index in [2.05, 4.69) is 4.98 Å². The Morgan fingerprint density at radius 2 is 1.69 bits per heavy atom. The van der Waals surface area contributed by atoms with E-state index < -0.39 is 5.97 Å². The smallest absolute Gasteiger partial charge is 0.356 e. The lowest BCUT2D eigenvalue weighted by atomic mass is 10.0. The number of pyridine rings is 1. The summed E-state index contributed by atoms with van der Waals surface area (Å²) in [6.45, 7) is 2.08. The molecule has 3 aromatic rings. The molecular weight excluding hydrogens is 330 g/mol. The summed E-state index contributed by atoms with van der Waals surface area (Å²) in [6, 6.07) is 15.5. The summed E-state index contributed by atoms with van der Waals surface area (Å²) in [6.07, 6.45) is 0.597. The maximum atomic E-state index is 12.2. The zero-order valence-electron chi connectivity index (χ0n) is 15.1. The average Bonchev–Trinajstić information content (AvgIpc) is 2.67. The number of methoxy groups -OCH3 is 2. The molecule has 5 nitrogen and oxygen atoms in total. The Hall–Kier alpha value is -3.08. The van der Waals surface area contributed by atoms with Gasteiger partial charge in [-0.3, -0.25) is 0 Å². The van der Waals surface area contributed by atoms with Crippen LogP contribution in [0.15, 0.2) is 48.5 Å². The first-order valence-corrected chi connectivity index (χ1v) is 8.43. The summed E-state index contributed by atoms with van der Waals surface area (Å²) in [5.74, 6) is 0.796. The van der Waals surface area contributed by atoms with Crippen LogP contribution in [0.2, 0.25) is 0 Å². The molecule has 0 aliphatic carbocycles. The molecule has 0 saturated carbocycles. The Labute approximate surface area is 152 Å². The lowest BCUT2D eigenvalue weighted by molar-refractivity contribution is 0.0519. The summed E-state index contributed by atoms with van der Waals surface area (Å²) < 4.78 is 15.9. The Morgan fingerprint density at radius 3 is 2.35 bits per heavy atom. The van der Waals surface area contributed by atoms with E-state index in [9.17, 15) is 4.79 Å². The fourth-order valence-corrected chi connectivity index (χ4v) is 2.88. The lowest BCUT2D eigenvalue weighted by Crippen LogP contribution is -2.09. The molecule has 134 valence electrons. The fraction of sp³-hybridized carbons (Fsp3) is 0.238. The number of carbonyl (C=O) groups excluding carboxylic acids is 1. The highest BCUT2D eigenvalue weighted by Gasteiger charge is 2.16. The van der Waals surface area contributed by atoms with Gasteiger partial charge in [-0.05, 0) is 36.1 Å². The molecule has 3 rings (SSSR count). The van der Waals surface area contributed by atoms with E-state index in [1.165, 1.54) is 0 Å². The van der Waals surface area contributed by atoms with E-state index in [4.69, 9.17) is 14.2 Å². The number of rotatable bonds is 6. The first-order chi connectivity index (χ1) is 12.7. The number of nitrogens with zero attached hydrogens (tertiary/aromatic N) is 1. The first kappa shape index (κ1) is 17.7. The van der Waals surface area contributed by atoms with Crippen LogP contribution in [0, 0.1) is 0 Å². The molecule has 5 heteroatoms. The van der Waals surface area contributed by atoms with Crippen molar-refractivity contribution in [1.82, 2.24) is 4.98 Å². The lowest BCUT2D eigenvalue weighted by Gasteiger charge is -2.13. The second-order valence-electron chi connectivity index (χ2n) is 5.77. The van der Waals surface area contributed by atoms with Gasteiger partial charge < -0.3 is 14.2 Å². The van der Waals surface area contributed by atoms with Gasteiger partial charge in [0.15, 0.2) is 11.5 Å². The van der Waals surface area contributed by atoms with Gasteiger partial charge in [-0.1, -0.05) is 30.3 Å². The van der Waals surface area contributed by atoms with Crippen LogP contribution in [-0.4, -0.2) is 31.8 Å². The number of ether oxygens (including phenoxy) is 3. The third-order valence-corrected chi connectivity index (χ3v) is 4.11. The Kier molecular flexibility index (Phi) is 5.37. The summed E-state index contributed by atoms with van der Waals surface area (Å²) in [5.41, 5.74) is 2.19. The summed E-state index contributed by atoms with van der Waals surface area (Å²) >= 11 is 0. The van der Waals surface area contributed by atoms with Crippen molar-refractivity contribution in [3.63, 3.8) is 0 Å². The van der Waals surface area contributed by atoms with Crippen molar-refractivity contribution in [3.05, 3.63) is 65.5 Å². The zero-order chi connectivity index (χ0) is 18.5. The van der Waals surface area contributed by atoms with E-state index in [1.54, 1.807) is 27.2 Å². The van der Waals surface area contributed by atoms with Gasteiger partial charge in [0.1, 0.15) is 5.69 Å². The molecular formula is C21H21NO4. The molecule has 26 heavy (non-hydrogen) atoms. The maximum absolute atomic E-state index is 12.2. The number of hydrogen-bond acceptors (Lipinski definition) is 5. The van der Waals surface area contributed by atoms with Crippen molar-refractivity contribution in [2.45, 2.75) is 13.3 Å². The Balaban J connectivity index is 2.18. The first-order valence-electron chi connectivity index (χ1n) is 8.43. The van der Waals surface area contributed by atoms with E-state index in [-0.39, 0.29) is 5.69 Å². The molecule has 0 aliphatic heterocycles. The number of carbonyl (C=O) groups is 1. The highest BCUT2D eigenvalue weighted by atomic mass is 16.5. The van der Waals surface area contributed by atoms with Crippen molar-refractivity contribution in [2.24, 2.45) is 0 Å². The van der Waals surface area contributed by atoms with Crippen LogP contribution in [0.5, 0.6) is 11.5 Å². The summed E-state index contributed by atoms with van der Waals surface area (Å²) in [7, 11) is 3.18. The highest BCUT2D eigenvalue weighted by molar-refractivity contribution is 5.95. The van der Waals surface area contributed by atoms with Gasteiger partial charge in [0.2, 0.25) is 0 Å². The van der Waals surface area contributed by atoms with E-state index in [0.29, 0.717) is 24.5 Å². The second-order valence-corrected chi connectivity index (χ2v) is 5.77. The molecule has 0 radical (unpaired) electrons. The number of hydrogen-bond donors (Lipinski definition) is 0. The molecule has 0 unspecified atom stereocenters. The van der Waals surface area contributed by atoms with E-state index >= 15 is 0 Å². The quantitative estimate of drug-likeness (QED) is 0.628. The number of esters is 1. The molecule has 0 aliphatic rings. The largest absolute Gasteiger partial charge is 0.493 e. The van der Waals surface area contributed by atoms with E-state index in [0.717, 1.165) is 22.0 Å². The second kappa shape index (κ2) is 7.87. The normalized spacial score (nSPS) is 10.6. The SMILES string of the molecule is CCOC(=O)c1cc2cc(OC)c(OC)cc2c(Cc2ccccc2)n1. The Bertz CT molecular complexity index is 922. The standard InChI is InChI=1S/C21H21NO4/c1-4-26-21(23)18-11-15-12-19(24-2)20(25-3)13-16(15)17(22-18)10-14-8-6-5-7-9-14/h5-9,11-13H,4,10H2,1-3H3. The highest BCUT2D eigenvalue weighted by Crippen LogP contribution is 2.34. The summed E-state index contributed by atoms with van der Waals surface area (Å²) in [4.78, 5) is 16.8. The molecule has 0 amide bonds. The molecule has 0 saturated heterocycles.